The Hall–Kier alpha value is -4.06. The number of aromatic hydroxyl groups is 2. The van der Waals surface area contributed by atoms with E-state index in [1.807, 2.05) is 11.8 Å². The lowest BCUT2D eigenvalue weighted by atomic mass is 9.70. The van der Waals surface area contributed by atoms with Crippen molar-refractivity contribution >= 4 is 40.9 Å². The SMILES string of the molecule is COc1cccc2c1C(=O)c1c(O)c3c(c(O)c1C2=O)C[C@@](O)(C(=O)CO)C[C@@H]3OC1C[C@H](NC(=O)CCCCC2SC[C@]3(C)NC(=O)C[C@]23C)[C@H](O)[C@H](C)O1. The molecule has 15 nitrogen and oxygen atoms in total. The summed E-state index contributed by atoms with van der Waals surface area (Å²) in [4.78, 5) is 66.0. The average Bonchev–Trinajstić information content (AvgIpc) is 3.53. The predicted octanol–water partition coefficient (Wildman–Crippen LogP) is 2.12. The highest BCUT2D eigenvalue weighted by atomic mass is 32.2. The van der Waals surface area contributed by atoms with Gasteiger partial charge in [-0.3, -0.25) is 24.0 Å². The molecule has 3 aliphatic heterocycles. The minimum absolute atomic E-state index is 0.0703. The quantitative estimate of drug-likeness (QED) is 0.109. The number of benzene rings is 2. The summed E-state index contributed by atoms with van der Waals surface area (Å²) in [6.45, 7) is 4.76. The molecule has 2 aromatic carbocycles. The van der Waals surface area contributed by atoms with E-state index in [9.17, 15) is 49.5 Å². The molecule has 0 saturated carbocycles. The van der Waals surface area contributed by atoms with Gasteiger partial charge in [-0.25, -0.2) is 0 Å². The summed E-state index contributed by atoms with van der Waals surface area (Å²) in [6.07, 6.45) is -3.00. The van der Waals surface area contributed by atoms with E-state index in [0.717, 1.165) is 18.6 Å². The molecule has 0 bridgehead atoms. The predicted molar refractivity (Wildman–Crippen MR) is 200 cm³/mol. The molecule has 16 heteroatoms. The van der Waals surface area contributed by atoms with Gasteiger partial charge in [-0.05, 0) is 32.8 Å². The lowest BCUT2D eigenvalue weighted by molar-refractivity contribution is -0.249. The zero-order chi connectivity index (χ0) is 40.5. The number of carbonyl (C=O) groups is 5. The van der Waals surface area contributed by atoms with Gasteiger partial charge in [0.25, 0.3) is 0 Å². The van der Waals surface area contributed by atoms with Crippen molar-refractivity contribution in [3.8, 4) is 17.2 Å². The maximum Gasteiger partial charge on any atom is 0.221 e. The van der Waals surface area contributed by atoms with Crippen molar-refractivity contribution in [2.75, 3.05) is 19.5 Å². The van der Waals surface area contributed by atoms with Crippen LogP contribution in [0.3, 0.4) is 0 Å². The van der Waals surface area contributed by atoms with Crippen molar-refractivity contribution in [3.63, 3.8) is 0 Å². The Morgan fingerprint density at radius 2 is 1.79 bits per heavy atom. The van der Waals surface area contributed by atoms with Gasteiger partial charge in [0, 0.05) is 65.2 Å². The normalized spacial score (nSPS) is 33.2. The lowest BCUT2D eigenvalue weighted by Gasteiger charge is -2.43. The van der Waals surface area contributed by atoms with Crippen LogP contribution in [0.2, 0.25) is 0 Å². The highest BCUT2D eigenvalue weighted by Gasteiger charge is 2.60. The average molecular weight is 797 g/mol. The number of methoxy groups -OCH3 is 1. The molecule has 3 fully saturated rings. The monoisotopic (exact) mass is 796 g/mol. The number of aliphatic hydroxyl groups is 3. The molecule has 0 aromatic heterocycles. The summed E-state index contributed by atoms with van der Waals surface area (Å²) in [7, 11) is 1.32. The first kappa shape index (κ1) is 40.1. The van der Waals surface area contributed by atoms with Gasteiger partial charge >= 0.3 is 0 Å². The molecule has 9 atom stereocenters. The number of Topliss-reactive ketones (excluding diaryl/α,β-unsaturated/α-hetero) is 1. The first-order chi connectivity index (χ1) is 26.5. The van der Waals surface area contributed by atoms with Gasteiger partial charge in [-0.1, -0.05) is 25.5 Å². The van der Waals surface area contributed by atoms with E-state index in [4.69, 9.17) is 14.2 Å². The van der Waals surface area contributed by atoms with E-state index in [2.05, 4.69) is 24.5 Å². The number of hydrogen-bond acceptors (Lipinski definition) is 14. The van der Waals surface area contributed by atoms with Gasteiger partial charge in [0.05, 0.1) is 47.6 Å². The summed E-state index contributed by atoms with van der Waals surface area (Å²) < 4.78 is 17.6. The van der Waals surface area contributed by atoms with E-state index >= 15 is 0 Å². The highest BCUT2D eigenvalue weighted by molar-refractivity contribution is 8.00. The number of nitrogens with one attached hydrogen (secondary N) is 2. The van der Waals surface area contributed by atoms with Crippen LogP contribution in [-0.4, -0.2) is 115 Å². The van der Waals surface area contributed by atoms with Gasteiger partial charge in [0.1, 0.15) is 35.6 Å². The number of ketones is 3. The summed E-state index contributed by atoms with van der Waals surface area (Å²) in [6, 6.07) is 3.51. The van der Waals surface area contributed by atoms with Crippen molar-refractivity contribution < 1.29 is 63.7 Å². The molecule has 302 valence electrons. The molecule has 2 aliphatic carbocycles. The first-order valence-corrected chi connectivity index (χ1v) is 20.0. The summed E-state index contributed by atoms with van der Waals surface area (Å²) in [5.74, 6) is -3.35. The molecule has 3 saturated heterocycles. The molecule has 0 radical (unpaired) electrons. The molecule has 2 aromatic rings. The van der Waals surface area contributed by atoms with Crippen molar-refractivity contribution in [2.24, 2.45) is 5.41 Å². The number of amides is 2. The fourth-order valence-electron chi connectivity index (χ4n) is 9.30. The molecule has 2 unspecified atom stereocenters. The highest BCUT2D eigenvalue weighted by Crippen LogP contribution is 2.56. The minimum atomic E-state index is -2.32. The Morgan fingerprint density at radius 3 is 2.50 bits per heavy atom. The van der Waals surface area contributed by atoms with Crippen LogP contribution in [0.25, 0.3) is 0 Å². The van der Waals surface area contributed by atoms with Crippen LogP contribution < -0.4 is 15.4 Å². The van der Waals surface area contributed by atoms with E-state index in [0.29, 0.717) is 12.8 Å². The van der Waals surface area contributed by atoms with Gasteiger partial charge in [-0.15, -0.1) is 0 Å². The van der Waals surface area contributed by atoms with Gasteiger partial charge in [0.2, 0.25) is 17.6 Å². The Kier molecular flexibility index (Phi) is 10.5. The molecular formula is C40H48N2O13S. The summed E-state index contributed by atoms with van der Waals surface area (Å²) >= 11 is 1.85. The second kappa shape index (κ2) is 14.7. The van der Waals surface area contributed by atoms with Crippen LogP contribution in [-0.2, 0) is 30.3 Å². The maximum atomic E-state index is 13.9. The Bertz CT molecular complexity index is 2010. The van der Waals surface area contributed by atoms with Crippen LogP contribution >= 0.6 is 11.8 Å². The van der Waals surface area contributed by atoms with Crippen molar-refractivity contribution in [1.29, 1.82) is 0 Å². The molecule has 5 aliphatic rings. The number of unbranched alkanes of at least 4 members (excludes halogenated alkanes) is 1. The fourth-order valence-corrected chi connectivity index (χ4v) is 11.3. The number of carbonyl (C=O) groups excluding carboxylic acids is 5. The first-order valence-electron chi connectivity index (χ1n) is 18.9. The third-order valence-electron chi connectivity index (χ3n) is 12.7. The second-order valence-electron chi connectivity index (χ2n) is 16.2. The van der Waals surface area contributed by atoms with E-state index < -0.39 is 95.7 Å². The molecule has 3 heterocycles. The van der Waals surface area contributed by atoms with Crippen molar-refractivity contribution in [3.05, 3.63) is 51.6 Å². The Labute approximate surface area is 327 Å². The Balaban J connectivity index is 1.09. The number of thioether (sulfide) groups is 1. The third kappa shape index (κ3) is 6.47. The number of fused-ring (bicyclic) bond motifs is 4. The van der Waals surface area contributed by atoms with E-state index in [-0.39, 0.29) is 68.9 Å². The standard InChI is InChI=1S/C40H48N2O13S/c1-18-33(47)21(41-26(45)11-6-5-10-25-38(2)15-27(46)42-39(38,3)17-56-25)12-28(54-18)55-23-14-40(52,24(44)16-43)13-20-30(23)37(51)32-31(35(20)49)34(48)19-8-7-9-22(53-4)29(19)36(32)50/h7-9,18,21,23,25,28,33,43,47,49,51-52H,5-6,10-17H2,1-4H3,(H,41,45)(H,42,46)/t18-,21-,23-,25?,28?,33+,38+,39-,40-/m0/s1. The van der Waals surface area contributed by atoms with Gasteiger partial charge in [0.15, 0.2) is 17.9 Å². The number of phenolic OH excluding ortho intramolecular Hbond substituents is 2. The minimum Gasteiger partial charge on any atom is -0.507 e. The van der Waals surface area contributed by atoms with E-state index in [1.54, 1.807) is 6.92 Å². The molecule has 0 spiro atoms. The largest absolute Gasteiger partial charge is 0.507 e. The van der Waals surface area contributed by atoms with Crippen molar-refractivity contribution in [1.82, 2.24) is 10.6 Å². The van der Waals surface area contributed by atoms with E-state index in [1.165, 1.54) is 25.3 Å². The summed E-state index contributed by atoms with van der Waals surface area (Å²) in [5, 5.41) is 62.0. The molecule has 2 amide bonds. The van der Waals surface area contributed by atoms with Crippen LogP contribution in [0.15, 0.2) is 18.2 Å². The molecule has 56 heavy (non-hydrogen) atoms. The van der Waals surface area contributed by atoms with Crippen LogP contribution in [0.5, 0.6) is 17.2 Å². The Morgan fingerprint density at radius 1 is 1.05 bits per heavy atom. The number of hydrogen-bond donors (Lipinski definition) is 7. The maximum absolute atomic E-state index is 13.9. The smallest absolute Gasteiger partial charge is 0.221 e. The fraction of sp³-hybridized carbons (Fsp3) is 0.575. The van der Waals surface area contributed by atoms with Gasteiger partial charge in [-0.2, -0.15) is 11.8 Å². The van der Waals surface area contributed by atoms with Crippen LogP contribution in [0, 0.1) is 5.41 Å². The van der Waals surface area contributed by atoms with Crippen molar-refractivity contribution in [2.45, 2.75) is 119 Å². The third-order valence-corrected chi connectivity index (χ3v) is 14.6. The molecule has 7 N–H and O–H groups in total. The van der Waals surface area contributed by atoms with Gasteiger partial charge < -0.3 is 50.4 Å². The summed E-state index contributed by atoms with van der Waals surface area (Å²) in [5.41, 5.74) is -4.32. The lowest BCUT2D eigenvalue weighted by Crippen LogP contribution is -2.55. The number of phenols is 2. The number of rotatable bonds is 11. The zero-order valence-corrected chi connectivity index (χ0v) is 32.5. The zero-order valence-electron chi connectivity index (χ0n) is 31.7. The van der Waals surface area contributed by atoms with Crippen LogP contribution in [0.4, 0.5) is 0 Å². The molecule has 7 rings (SSSR count). The number of ether oxygens (including phenoxy) is 3. The van der Waals surface area contributed by atoms with Crippen LogP contribution in [0.1, 0.15) is 115 Å². The topological polar surface area (TPSA) is 238 Å². The second-order valence-corrected chi connectivity index (χ2v) is 17.4. The number of aliphatic hydroxyl groups excluding tert-OH is 2. The molecular weight excluding hydrogens is 749 g/mol.